The van der Waals surface area contributed by atoms with Crippen LogP contribution in [0.5, 0.6) is 0 Å². The number of carboxylic acids is 1. The molecule has 1 amide bonds. The van der Waals surface area contributed by atoms with E-state index >= 15 is 0 Å². The van der Waals surface area contributed by atoms with Crippen LogP contribution in [-0.4, -0.2) is 22.7 Å². The number of rotatable bonds is 6. The highest BCUT2D eigenvalue weighted by Crippen LogP contribution is 2.23. The largest absolute Gasteiger partial charge is 0.478 e. The van der Waals surface area contributed by atoms with Gasteiger partial charge in [0.1, 0.15) is 17.1 Å². The zero-order valence-corrected chi connectivity index (χ0v) is 14.1. The highest BCUT2D eigenvalue weighted by atomic mass is 32.2. The molecule has 0 aliphatic rings. The maximum Gasteiger partial charge on any atom is 0.339 e. The smallest absolute Gasteiger partial charge is 0.339 e. The van der Waals surface area contributed by atoms with Gasteiger partial charge in [0, 0.05) is 4.90 Å². The maximum absolute atomic E-state index is 11.9. The van der Waals surface area contributed by atoms with Crippen LogP contribution in [0.25, 0.3) is 0 Å². The van der Waals surface area contributed by atoms with Crippen LogP contribution in [0.1, 0.15) is 33.0 Å². The first-order chi connectivity index (χ1) is 10.9. The lowest BCUT2D eigenvalue weighted by atomic mass is 10.2. The summed E-state index contributed by atoms with van der Waals surface area (Å²) in [5.41, 5.74) is 2.47. The Morgan fingerprint density at radius 3 is 2.57 bits per heavy atom. The zero-order chi connectivity index (χ0) is 17.0. The molecule has 0 saturated carbocycles. The number of carboxylic acid groups (broad SMARTS) is 1. The minimum Gasteiger partial charge on any atom is -0.478 e. The lowest BCUT2D eigenvalue weighted by molar-refractivity contribution is -0.118. The first kappa shape index (κ1) is 17.1. The molecule has 0 bridgehead atoms. The molecule has 0 aliphatic carbocycles. The molecule has 122 valence electrons. The quantitative estimate of drug-likeness (QED) is 0.793. The summed E-state index contributed by atoms with van der Waals surface area (Å²) in [7, 11) is 0. The molecule has 1 aromatic heterocycles. The van der Waals surface area contributed by atoms with Crippen molar-refractivity contribution < 1.29 is 19.1 Å². The van der Waals surface area contributed by atoms with Crippen LogP contribution in [0.2, 0.25) is 0 Å². The fourth-order valence-corrected chi connectivity index (χ4v) is 3.02. The van der Waals surface area contributed by atoms with Crippen molar-refractivity contribution in [3.8, 4) is 0 Å². The molecule has 2 rings (SSSR count). The van der Waals surface area contributed by atoms with Crippen LogP contribution in [0.3, 0.4) is 0 Å². The Morgan fingerprint density at radius 2 is 1.96 bits per heavy atom. The number of hydrogen-bond donors (Lipinski definition) is 2. The number of carbonyl (C=O) groups excluding carboxylic acids is 1. The van der Waals surface area contributed by atoms with Gasteiger partial charge in [0.05, 0.1) is 12.3 Å². The zero-order valence-electron chi connectivity index (χ0n) is 13.3. The maximum atomic E-state index is 11.9. The van der Waals surface area contributed by atoms with Gasteiger partial charge in [-0.3, -0.25) is 4.79 Å². The first-order valence-corrected chi connectivity index (χ1v) is 8.14. The van der Waals surface area contributed by atoms with E-state index in [1.54, 1.807) is 6.92 Å². The van der Waals surface area contributed by atoms with Gasteiger partial charge in [-0.1, -0.05) is 17.7 Å². The second-order valence-corrected chi connectivity index (χ2v) is 6.34. The van der Waals surface area contributed by atoms with Gasteiger partial charge in [-0.25, -0.2) is 4.79 Å². The molecule has 0 unspecified atom stereocenters. The van der Waals surface area contributed by atoms with Gasteiger partial charge in [-0.15, -0.1) is 11.8 Å². The monoisotopic (exact) mass is 333 g/mol. The average Bonchev–Trinajstić information content (AvgIpc) is 2.85. The molecule has 6 heteroatoms. The average molecular weight is 333 g/mol. The third-order valence-electron chi connectivity index (χ3n) is 3.35. The number of amides is 1. The van der Waals surface area contributed by atoms with Crippen molar-refractivity contribution in [2.75, 3.05) is 5.75 Å². The van der Waals surface area contributed by atoms with E-state index in [1.807, 2.05) is 26.0 Å². The van der Waals surface area contributed by atoms with Crippen molar-refractivity contribution in [2.24, 2.45) is 0 Å². The van der Waals surface area contributed by atoms with Gasteiger partial charge in [0.2, 0.25) is 5.91 Å². The molecular formula is C17H19NO4S. The predicted octanol–water partition coefficient (Wildman–Crippen LogP) is 3.31. The van der Waals surface area contributed by atoms with Gasteiger partial charge >= 0.3 is 5.97 Å². The van der Waals surface area contributed by atoms with E-state index in [1.165, 1.54) is 23.4 Å². The lowest BCUT2D eigenvalue weighted by Gasteiger charge is -2.07. The van der Waals surface area contributed by atoms with Crippen LogP contribution < -0.4 is 5.32 Å². The summed E-state index contributed by atoms with van der Waals surface area (Å²) in [5, 5.41) is 11.7. The van der Waals surface area contributed by atoms with Gasteiger partial charge in [-0.2, -0.15) is 0 Å². The second-order valence-electron chi connectivity index (χ2n) is 5.32. The summed E-state index contributed by atoms with van der Waals surface area (Å²) in [6, 6.07) is 7.55. The third-order valence-corrected chi connectivity index (χ3v) is 4.52. The Kier molecular flexibility index (Phi) is 5.50. The van der Waals surface area contributed by atoms with Crippen molar-refractivity contribution in [1.29, 1.82) is 0 Å². The molecule has 0 aliphatic heterocycles. The molecule has 2 aromatic rings. The molecule has 0 saturated heterocycles. The molecule has 0 fully saturated rings. The van der Waals surface area contributed by atoms with Gasteiger partial charge in [-0.05, 0) is 38.5 Å². The molecular weight excluding hydrogens is 314 g/mol. The molecule has 0 atom stereocenters. The lowest BCUT2D eigenvalue weighted by Crippen LogP contribution is -2.24. The SMILES string of the molecule is Cc1ccc(SCC(=O)NCc2cc(C(=O)O)c(C)o2)c(C)c1. The molecule has 2 N–H and O–H groups in total. The van der Waals surface area contributed by atoms with Crippen LogP contribution in [0.15, 0.2) is 33.6 Å². The number of aromatic carboxylic acids is 1. The number of furan rings is 1. The van der Waals surface area contributed by atoms with Crippen molar-refractivity contribution in [3.05, 3.63) is 52.5 Å². The van der Waals surface area contributed by atoms with Crippen molar-refractivity contribution in [1.82, 2.24) is 5.32 Å². The fourth-order valence-electron chi connectivity index (χ4n) is 2.18. The minimum absolute atomic E-state index is 0.124. The van der Waals surface area contributed by atoms with Crippen LogP contribution >= 0.6 is 11.8 Å². The van der Waals surface area contributed by atoms with Crippen LogP contribution in [0, 0.1) is 20.8 Å². The number of nitrogens with one attached hydrogen (secondary N) is 1. The van der Waals surface area contributed by atoms with E-state index in [0.29, 0.717) is 17.3 Å². The summed E-state index contributed by atoms with van der Waals surface area (Å²) in [5.74, 6) is -0.0821. The molecule has 0 spiro atoms. The molecule has 0 radical (unpaired) electrons. The Balaban J connectivity index is 1.85. The van der Waals surface area contributed by atoms with E-state index in [-0.39, 0.29) is 18.0 Å². The number of hydrogen-bond acceptors (Lipinski definition) is 4. The van der Waals surface area contributed by atoms with E-state index in [4.69, 9.17) is 9.52 Å². The van der Waals surface area contributed by atoms with Crippen molar-refractivity contribution in [2.45, 2.75) is 32.2 Å². The highest BCUT2D eigenvalue weighted by Gasteiger charge is 2.14. The Hall–Kier alpha value is -2.21. The fraction of sp³-hybridized carbons (Fsp3) is 0.294. The summed E-state index contributed by atoms with van der Waals surface area (Å²) in [6.07, 6.45) is 0. The van der Waals surface area contributed by atoms with Crippen LogP contribution in [0.4, 0.5) is 0 Å². The van der Waals surface area contributed by atoms with E-state index in [0.717, 1.165) is 10.5 Å². The summed E-state index contributed by atoms with van der Waals surface area (Å²) >= 11 is 1.48. The normalized spacial score (nSPS) is 10.6. The molecule has 1 heterocycles. The van der Waals surface area contributed by atoms with E-state index in [9.17, 15) is 9.59 Å². The summed E-state index contributed by atoms with van der Waals surface area (Å²) in [6.45, 7) is 5.82. The van der Waals surface area contributed by atoms with Gasteiger partial charge in [0.15, 0.2) is 0 Å². The van der Waals surface area contributed by atoms with Crippen molar-refractivity contribution in [3.63, 3.8) is 0 Å². The van der Waals surface area contributed by atoms with E-state index < -0.39 is 5.97 Å². The highest BCUT2D eigenvalue weighted by molar-refractivity contribution is 8.00. The molecule has 5 nitrogen and oxygen atoms in total. The predicted molar refractivity (Wildman–Crippen MR) is 88.9 cm³/mol. The van der Waals surface area contributed by atoms with E-state index in [2.05, 4.69) is 11.4 Å². The summed E-state index contributed by atoms with van der Waals surface area (Å²) in [4.78, 5) is 23.9. The first-order valence-electron chi connectivity index (χ1n) is 7.16. The van der Waals surface area contributed by atoms with Crippen molar-refractivity contribution >= 4 is 23.6 Å². The standard InChI is InChI=1S/C17H19NO4S/c1-10-4-5-15(11(2)6-10)23-9-16(19)18-8-13-7-14(17(20)21)12(3)22-13/h4-7H,8-9H2,1-3H3,(H,18,19)(H,20,21). The molecule has 1 aromatic carbocycles. The summed E-state index contributed by atoms with van der Waals surface area (Å²) < 4.78 is 5.32. The Morgan fingerprint density at radius 1 is 1.22 bits per heavy atom. The topological polar surface area (TPSA) is 79.5 Å². The number of thioether (sulfide) groups is 1. The second kappa shape index (κ2) is 7.37. The molecule has 23 heavy (non-hydrogen) atoms. The third kappa shape index (κ3) is 4.63. The van der Waals surface area contributed by atoms with Gasteiger partial charge < -0.3 is 14.8 Å². The Labute approximate surface area is 139 Å². The minimum atomic E-state index is -1.03. The number of benzene rings is 1. The van der Waals surface area contributed by atoms with Crippen LogP contribution in [-0.2, 0) is 11.3 Å². The number of aryl methyl sites for hydroxylation is 3. The number of carbonyl (C=O) groups is 2. The van der Waals surface area contributed by atoms with Gasteiger partial charge in [0.25, 0.3) is 0 Å². The Bertz CT molecular complexity index is 736.